The number of aryl methyl sites for hydroxylation is 1. The summed E-state index contributed by atoms with van der Waals surface area (Å²) in [7, 11) is 0. The first-order chi connectivity index (χ1) is 10.8. The van der Waals surface area contributed by atoms with E-state index in [0.29, 0.717) is 5.75 Å². The van der Waals surface area contributed by atoms with E-state index in [9.17, 15) is 5.11 Å². The van der Waals surface area contributed by atoms with E-state index in [1.165, 1.54) is 56.9 Å². The molecule has 0 bridgehead atoms. The Hall–Kier alpha value is -1.24. The van der Waals surface area contributed by atoms with Crippen molar-refractivity contribution in [2.24, 2.45) is 11.8 Å². The number of unbranched alkanes of at least 4 members (excludes halogenated alkanes) is 2. The summed E-state index contributed by atoms with van der Waals surface area (Å²) in [6.45, 7) is 2.29. The molecule has 0 unspecified atom stereocenters. The Morgan fingerprint density at radius 3 is 2.45 bits per heavy atom. The van der Waals surface area contributed by atoms with Crippen LogP contribution in [-0.2, 0) is 6.42 Å². The summed E-state index contributed by atoms with van der Waals surface area (Å²) in [6.07, 6.45) is 18.4. The highest BCUT2D eigenvalue weighted by Crippen LogP contribution is 2.32. The second-order valence-electron chi connectivity index (χ2n) is 6.91. The summed E-state index contributed by atoms with van der Waals surface area (Å²) in [5.41, 5.74) is 1.31. The fourth-order valence-electron chi connectivity index (χ4n) is 3.55. The summed E-state index contributed by atoms with van der Waals surface area (Å²) in [5, 5.41) is 9.27. The van der Waals surface area contributed by atoms with E-state index in [1.807, 2.05) is 12.1 Å². The van der Waals surface area contributed by atoms with Crippen molar-refractivity contribution in [1.82, 2.24) is 0 Å². The lowest BCUT2D eigenvalue weighted by Crippen LogP contribution is -2.13. The molecule has 1 N–H and O–H groups in total. The molecule has 1 aliphatic carbocycles. The average molecular weight is 300 g/mol. The topological polar surface area (TPSA) is 20.2 Å². The Labute approximate surface area is 136 Å². The van der Waals surface area contributed by atoms with Gasteiger partial charge >= 0.3 is 0 Å². The number of phenols is 1. The van der Waals surface area contributed by atoms with Crippen molar-refractivity contribution < 1.29 is 5.11 Å². The standard InChI is InChI=1S/C21H32O/c1-2-3-4-7-18-10-12-19(13-11-18)8-5-6-9-20-14-16-21(22)17-15-20/h5,8,14-19,22H,2-4,6-7,9-13H2,1H3. The molecule has 1 aliphatic rings. The Morgan fingerprint density at radius 2 is 1.77 bits per heavy atom. The van der Waals surface area contributed by atoms with E-state index in [0.717, 1.165) is 24.7 Å². The van der Waals surface area contributed by atoms with Crippen molar-refractivity contribution >= 4 is 0 Å². The minimum atomic E-state index is 0.356. The van der Waals surface area contributed by atoms with Gasteiger partial charge in [0, 0.05) is 0 Å². The number of allylic oxidation sites excluding steroid dienone is 2. The molecule has 122 valence electrons. The van der Waals surface area contributed by atoms with E-state index >= 15 is 0 Å². The summed E-state index contributed by atoms with van der Waals surface area (Å²) < 4.78 is 0. The van der Waals surface area contributed by atoms with Gasteiger partial charge in [0.25, 0.3) is 0 Å². The van der Waals surface area contributed by atoms with Gasteiger partial charge in [0.1, 0.15) is 5.75 Å². The second kappa shape index (κ2) is 9.71. The minimum Gasteiger partial charge on any atom is -0.508 e. The molecule has 1 aromatic rings. The number of aromatic hydroxyl groups is 1. The number of benzene rings is 1. The minimum absolute atomic E-state index is 0.356. The molecule has 1 heteroatoms. The first-order valence-electron chi connectivity index (χ1n) is 9.22. The van der Waals surface area contributed by atoms with Crippen molar-refractivity contribution in [2.45, 2.75) is 71.1 Å². The van der Waals surface area contributed by atoms with Gasteiger partial charge in [-0.05, 0) is 68.1 Å². The fourth-order valence-corrected chi connectivity index (χ4v) is 3.55. The summed E-state index contributed by atoms with van der Waals surface area (Å²) in [6, 6.07) is 7.59. The first-order valence-corrected chi connectivity index (χ1v) is 9.22. The van der Waals surface area contributed by atoms with E-state index in [-0.39, 0.29) is 0 Å². The number of hydrogen-bond donors (Lipinski definition) is 1. The highest BCUT2D eigenvalue weighted by molar-refractivity contribution is 5.26. The van der Waals surface area contributed by atoms with Crippen LogP contribution in [0.1, 0.15) is 70.3 Å². The van der Waals surface area contributed by atoms with Crippen LogP contribution in [0.3, 0.4) is 0 Å². The van der Waals surface area contributed by atoms with Crippen LogP contribution in [0.15, 0.2) is 36.4 Å². The molecule has 2 rings (SSSR count). The molecule has 0 aromatic heterocycles. The lowest BCUT2D eigenvalue weighted by Gasteiger charge is -2.26. The van der Waals surface area contributed by atoms with Gasteiger partial charge in [-0.25, -0.2) is 0 Å². The van der Waals surface area contributed by atoms with Crippen molar-refractivity contribution in [3.63, 3.8) is 0 Å². The van der Waals surface area contributed by atoms with Gasteiger partial charge < -0.3 is 5.11 Å². The average Bonchev–Trinajstić information content (AvgIpc) is 2.55. The smallest absolute Gasteiger partial charge is 0.115 e. The van der Waals surface area contributed by atoms with Crippen molar-refractivity contribution in [3.8, 4) is 5.75 Å². The predicted octanol–water partition coefficient (Wildman–Crippen LogP) is 6.27. The summed E-state index contributed by atoms with van der Waals surface area (Å²) in [5.74, 6) is 2.19. The quantitative estimate of drug-likeness (QED) is 0.443. The van der Waals surface area contributed by atoms with E-state index in [1.54, 1.807) is 12.1 Å². The maximum Gasteiger partial charge on any atom is 0.115 e. The number of rotatable bonds is 8. The fraction of sp³-hybridized carbons (Fsp3) is 0.619. The maximum absolute atomic E-state index is 9.27. The molecule has 1 saturated carbocycles. The zero-order chi connectivity index (χ0) is 15.6. The van der Waals surface area contributed by atoms with Crippen molar-refractivity contribution in [1.29, 1.82) is 0 Å². The highest BCUT2D eigenvalue weighted by Gasteiger charge is 2.18. The molecule has 1 fully saturated rings. The van der Waals surface area contributed by atoms with Crippen LogP contribution < -0.4 is 0 Å². The zero-order valence-electron chi connectivity index (χ0n) is 14.1. The number of phenolic OH excluding ortho intramolecular Hbond substituents is 1. The second-order valence-corrected chi connectivity index (χ2v) is 6.91. The third-order valence-electron chi connectivity index (χ3n) is 5.05. The molecule has 22 heavy (non-hydrogen) atoms. The van der Waals surface area contributed by atoms with Crippen LogP contribution in [0.5, 0.6) is 5.75 Å². The maximum atomic E-state index is 9.27. The Kier molecular flexibility index (Phi) is 7.56. The molecule has 1 nitrogen and oxygen atoms in total. The normalized spacial score (nSPS) is 22.2. The third-order valence-corrected chi connectivity index (χ3v) is 5.05. The van der Waals surface area contributed by atoms with E-state index < -0.39 is 0 Å². The van der Waals surface area contributed by atoms with Crippen LogP contribution in [0.2, 0.25) is 0 Å². The first kappa shape index (κ1) is 17.1. The summed E-state index contributed by atoms with van der Waals surface area (Å²) in [4.78, 5) is 0. The number of hydrogen-bond acceptors (Lipinski definition) is 1. The third kappa shape index (κ3) is 6.25. The van der Waals surface area contributed by atoms with Crippen LogP contribution in [0.4, 0.5) is 0 Å². The predicted molar refractivity (Wildman–Crippen MR) is 95.2 cm³/mol. The molecule has 0 aliphatic heterocycles. The zero-order valence-corrected chi connectivity index (χ0v) is 14.1. The largest absolute Gasteiger partial charge is 0.508 e. The SMILES string of the molecule is CCCCCC1CCC(C=CCCc2ccc(O)cc2)CC1. The molecule has 0 atom stereocenters. The van der Waals surface area contributed by atoms with Crippen LogP contribution >= 0.6 is 0 Å². The van der Waals surface area contributed by atoms with Gasteiger partial charge in [-0.2, -0.15) is 0 Å². The molecular weight excluding hydrogens is 268 g/mol. The molecule has 0 radical (unpaired) electrons. The van der Waals surface area contributed by atoms with Gasteiger partial charge in [-0.15, -0.1) is 0 Å². The molecule has 0 spiro atoms. The van der Waals surface area contributed by atoms with E-state index in [4.69, 9.17) is 0 Å². The Morgan fingerprint density at radius 1 is 1.05 bits per heavy atom. The summed E-state index contributed by atoms with van der Waals surface area (Å²) >= 11 is 0. The lowest BCUT2D eigenvalue weighted by molar-refractivity contribution is 0.289. The monoisotopic (exact) mass is 300 g/mol. The van der Waals surface area contributed by atoms with Gasteiger partial charge in [-0.3, -0.25) is 0 Å². The van der Waals surface area contributed by atoms with Crippen molar-refractivity contribution in [3.05, 3.63) is 42.0 Å². The van der Waals surface area contributed by atoms with Gasteiger partial charge in [0.15, 0.2) is 0 Å². The molecular formula is C21H32O. The molecule has 0 saturated heterocycles. The van der Waals surface area contributed by atoms with Crippen molar-refractivity contribution in [2.75, 3.05) is 0 Å². The Balaban J connectivity index is 1.60. The van der Waals surface area contributed by atoms with Crippen LogP contribution in [0.25, 0.3) is 0 Å². The molecule has 1 aromatic carbocycles. The lowest BCUT2D eigenvalue weighted by atomic mass is 9.79. The molecule has 0 amide bonds. The van der Waals surface area contributed by atoms with Gasteiger partial charge in [0.2, 0.25) is 0 Å². The van der Waals surface area contributed by atoms with Gasteiger partial charge in [-0.1, -0.05) is 56.9 Å². The highest BCUT2D eigenvalue weighted by atomic mass is 16.3. The van der Waals surface area contributed by atoms with Gasteiger partial charge in [0.05, 0.1) is 0 Å². The van der Waals surface area contributed by atoms with Crippen LogP contribution in [-0.4, -0.2) is 5.11 Å². The molecule has 0 heterocycles. The van der Waals surface area contributed by atoms with Crippen LogP contribution in [0, 0.1) is 11.8 Å². The Bertz CT molecular complexity index is 424. The van der Waals surface area contributed by atoms with E-state index in [2.05, 4.69) is 19.1 Å².